The molecule has 0 aliphatic heterocycles. The summed E-state index contributed by atoms with van der Waals surface area (Å²) in [7, 11) is 0. The van der Waals surface area contributed by atoms with Crippen molar-refractivity contribution < 1.29 is 0 Å². The van der Waals surface area contributed by atoms with Crippen LogP contribution in [0.4, 0.5) is 0 Å². The molecule has 0 nitrogen and oxygen atoms in total. The maximum absolute atomic E-state index is 2.40. The van der Waals surface area contributed by atoms with Gasteiger partial charge in [-0.2, -0.15) is 0 Å². The average molecular weight is 176 g/mol. The first-order valence-corrected chi connectivity index (χ1v) is 5.47. The summed E-state index contributed by atoms with van der Waals surface area (Å²) in [6, 6.07) is 0. The highest BCUT2D eigenvalue weighted by Gasteiger charge is 2.33. The lowest BCUT2D eigenvalue weighted by atomic mass is 9.65. The SMILES string of the molecule is CC1=CC=C2C(CCCC2(C)C)C1. The molecular weight excluding hydrogens is 156 g/mol. The van der Waals surface area contributed by atoms with E-state index in [2.05, 4.69) is 32.9 Å². The van der Waals surface area contributed by atoms with Crippen molar-refractivity contribution in [2.75, 3.05) is 0 Å². The predicted molar refractivity (Wildman–Crippen MR) is 57.6 cm³/mol. The van der Waals surface area contributed by atoms with Crippen molar-refractivity contribution in [2.45, 2.75) is 46.5 Å². The lowest BCUT2D eigenvalue weighted by molar-refractivity contribution is 0.275. The van der Waals surface area contributed by atoms with Gasteiger partial charge in [0.2, 0.25) is 0 Å². The Morgan fingerprint density at radius 1 is 1.31 bits per heavy atom. The molecule has 72 valence electrons. The van der Waals surface area contributed by atoms with Gasteiger partial charge in [-0.1, -0.05) is 43.6 Å². The Kier molecular flexibility index (Phi) is 2.09. The van der Waals surface area contributed by atoms with Gasteiger partial charge in [0.05, 0.1) is 0 Å². The molecule has 0 aromatic rings. The third-order valence-electron chi connectivity index (χ3n) is 3.69. The molecule has 1 saturated carbocycles. The Morgan fingerprint density at radius 3 is 2.85 bits per heavy atom. The molecule has 13 heavy (non-hydrogen) atoms. The van der Waals surface area contributed by atoms with Crippen LogP contribution in [0.5, 0.6) is 0 Å². The molecule has 0 N–H and O–H groups in total. The topological polar surface area (TPSA) is 0 Å². The fourth-order valence-electron chi connectivity index (χ4n) is 2.91. The van der Waals surface area contributed by atoms with E-state index in [1.54, 1.807) is 11.1 Å². The second-order valence-corrected chi connectivity index (χ2v) is 5.31. The molecule has 0 aromatic carbocycles. The molecule has 1 unspecified atom stereocenters. The van der Waals surface area contributed by atoms with E-state index in [9.17, 15) is 0 Å². The second kappa shape index (κ2) is 3.01. The summed E-state index contributed by atoms with van der Waals surface area (Å²) in [6.45, 7) is 7.06. The predicted octanol–water partition coefficient (Wildman–Crippen LogP) is 4.09. The van der Waals surface area contributed by atoms with E-state index < -0.39 is 0 Å². The largest absolute Gasteiger partial charge is 0.0727 e. The van der Waals surface area contributed by atoms with Gasteiger partial charge in [-0.25, -0.2) is 0 Å². The van der Waals surface area contributed by atoms with Crippen molar-refractivity contribution in [3.63, 3.8) is 0 Å². The van der Waals surface area contributed by atoms with Crippen LogP contribution in [-0.4, -0.2) is 0 Å². The standard InChI is InChI=1S/C13H20/c1-10-6-7-12-11(9-10)5-4-8-13(12,2)3/h6-7,11H,4-5,8-9H2,1-3H3. The second-order valence-electron chi connectivity index (χ2n) is 5.31. The van der Waals surface area contributed by atoms with Gasteiger partial charge in [-0.15, -0.1) is 0 Å². The molecule has 0 bridgehead atoms. The molecule has 0 amide bonds. The van der Waals surface area contributed by atoms with Crippen LogP contribution in [0.1, 0.15) is 46.5 Å². The van der Waals surface area contributed by atoms with Crippen molar-refractivity contribution >= 4 is 0 Å². The number of fused-ring (bicyclic) bond motifs is 1. The van der Waals surface area contributed by atoms with Gasteiger partial charge < -0.3 is 0 Å². The smallest absolute Gasteiger partial charge is 0.0139 e. The Morgan fingerprint density at radius 2 is 2.08 bits per heavy atom. The molecule has 0 aromatic heterocycles. The third-order valence-corrected chi connectivity index (χ3v) is 3.69. The molecule has 0 radical (unpaired) electrons. The zero-order valence-electron chi connectivity index (χ0n) is 9.06. The first-order valence-electron chi connectivity index (χ1n) is 5.47. The maximum Gasteiger partial charge on any atom is -0.0139 e. The van der Waals surface area contributed by atoms with Crippen LogP contribution in [-0.2, 0) is 0 Å². The minimum absolute atomic E-state index is 0.472. The molecule has 1 fully saturated rings. The highest BCUT2D eigenvalue weighted by molar-refractivity contribution is 5.30. The van der Waals surface area contributed by atoms with Crippen LogP contribution >= 0.6 is 0 Å². The number of hydrogen-bond acceptors (Lipinski definition) is 0. The Hall–Kier alpha value is -0.520. The lowest BCUT2D eigenvalue weighted by Gasteiger charge is -2.40. The van der Waals surface area contributed by atoms with Gasteiger partial charge in [-0.05, 0) is 37.5 Å². The highest BCUT2D eigenvalue weighted by atomic mass is 14.4. The van der Waals surface area contributed by atoms with Crippen LogP contribution in [0.15, 0.2) is 23.3 Å². The van der Waals surface area contributed by atoms with Crippen LogP contribution < -0.4 is 0 Å². The molecule has 0 saturated heterocycles. The van der Waals surface area contributed by atoms with Crippen molar-refractivity contribution in [2.24, 2.45) is 11.3 Å². The Bertz CT molecular complexity index is 266. The molecule has 0 spiro atoms. The maximum atomic E-state index is 2.40. The Labute approximate surface area is 81.7 Å². The molecular formula is C13H20. The molecule has 1 atom stereocenters. The molecule has 0 heterocycles. The Balaban J connectivity index is 2.31. The molecule has 0 heteroatoms. The molecule has 2 aliphatic carbocycles. The normalized spacial score (nSPS) is 31.8. The van der Waals surface area contributed by atoms with Gasteiger partial charge >= 0.3 is 0 Å². The number of hydrogen-bond donors (Lipinski definition) is 0. The first-order chi connectivity index (χ1) is 6.09. The van der Waals surface area contributed by atoms with E-state index in [1.165, 1.54) is 25.7 Å². The summed E-state index contributed by atoms with van der Waals surface area (Å²) < 4.78 is 0. The summed E-state index contributed by atoms with van der Waals surface area (Å²) in [6.07, 6.45) is 10.2. The van der Waals surface area contributed by atoms with Crippen molar-refractivity contribution in [3.8, 4) is 0 Å². The van der Waals surface area contributed by atoms with Crippen LogP contribution in [0.2, 0.25) is 0 Å². The average Bonchev–Trinajstić information content (AvgIpc) is 2.02. The van der Waals surface area contributed by atoms with Gasteiger partial charge in [0, 0.05) is 0 Å². The van der Waals surface area contributed by atoms with E-state index >= 15 is 0 Å². The fraction of sp³-hybridized carbons (Fsp3) is 0.692. The van der Waals surface area contributed by atoms with Crippen LogP contribution in [0.25, 0.3) is 0 Å². The van der Waals surface area contributed by atoms with Crippen LogP contribution in [0, 0.1) is 11.3 Å². The van der Waals surface area contributed by atoms with E-state index in [4.69, 9.17) is 0 Å². The minimum Gasteiger partial charge on any atom is -0.0727 e. The zero-order chi connectivity index (χ0) is 9.47. The van der Waals surface area contributed by atoms with Crippen molar-refractivity contribution in [1.82, 2.24) is 0 Å². The molecule has 2 aliphatic rings. The minimum atomic E-state index is 0.472. The summed E-state index contributed by atoms with van der Waals surface area (Å²) in [5.41, 5.74) is 3.75. The highest BCUT2D eigenvalue weighted by Crippen LogP contribution is 2.47. The third kappa shape index (κ3) is 1.59. The summed E-state index contributed by atoms with van der Waals surface area (Å²) in [5, 5.41) is 0. The van der Waals surface area contributed by atoms with Crippen LogP contribution in [0.3, 0.4) is 0 Å². The van der Waals surface area contributed by atoms with Gasteiger partial charge in [0.25, 0.3) is 0 Å². The molecule has 2 rings (SSSR count). The van der Waals surface area contributed by atoms with Gasteiger partial charge in [-0.3, -0.25) is 0 Å². The lowest BCUT2D eigenvalue weighted by Crippen LogP contribution is -2.27. The number of rotatable bonds is 0. The summed E-state index contributed by atoms with van der Waals surface area (Å²) >= 11 is 0. The monoisotopic (exact) mass is 176 g/mol. The van der Waals surface area contributed by atoms with E-state index in [0.717, 1.165) is 5.92 Å². The van der Waals surface area contributed by atoms with E-state index in [1.807, 2.05) is 0 Å². The van der Waals surface area contributed by atoms with Crippen molar-refractivity contribution in [1.29, 1.82) is 0 Å². The quantitative estimate of drug-likeness (QED) is 0.521. The fourth-order valence-corrected chi connectivity index (χ4v) is 2.91. The van der Waals surface area contributed by atoms with E-state index in [0.29, 0.717) is 5.41 Å². The zero-order valence-corrected chi connectivity index (χ0v) is 9.06. The van der Waals surface area contributed by atoms with Gasteiger partial charge in [0.1, 0.15) is 0 Å². The first kappa shape index (κ1) is 9.05. The van der Waals surface area contributed by atoms with E-state index in [-0.39, 0.29) is 0 Å². The van der Waals surface area contributed by atoms with Gasteiger partial charge in [0.15, 0.2) is 0 Å². The summed E-state index contributed by atoms with van der Waals surface area (Å²) in [4.78, 5) is 0. The summed E-state index contributed by atoms with van der Waals surface area (Å²) in [5.74, 6) is 0.869. The number of allylic oxidation sites excluding steroid dienone is 4. The van der Waals surface area contributed by atoms with Crippen molar-refractivity contribution in [3.05, 3.63) is 23.3 Å².